The maximum absolute atomic E-state index is 4.54. The van der Waals surface area contributed by atoms with Gasteiger partial charge in [-0.3, -0.25) is 4.90 Å². The van der Waals surface area contributed by atoms with E-state index in [1.54, 1.807) is 0 Å². The average molecular weight is 282 g/mol. The van der Waals surface area contributed by atoms with Gasteiger partial charge in [0.25, 0.3) is 0 Å². The number of rotatable bonds is 1. The van der Waals surface area contributed by atoms with Crippen LogP contribution in [0.4, 0.5) is 5.82 Å². The van der Waals surface area contributed by atoms with Gasteiger partial charge in [0.15, 0.2) is 0 Å². The second kappa shape index (κ2) is 4.34. The van der Waals surface area contributed by atoms with Crippen LogP contribution in [0.3, 0.4) is 0 Å². The minimum absolute atomic E-state index is 0.759. The first-order valence-electron chi connectivity index (χ1n) is 5.94. The van der Waals surface area contributed by atoms with Crippen molar-refractivity contribution in [2.24, 2.45) is 0 Å². The van der Waals surface area contributed by atoms with Gasteiger partial charge >= 0.3 is 0 Å². The van der Waals surface area contributed by atoms with Crippen LogP contribution in [0.2, 0.25) is 0 Å². The lowest BCUT2D eigenvalue weighted by molar-refractivity contribution is 0.230. The van der Waals surface area contributed by atoms with Gasteiger partial charge in [-0.25, -0.2) is 4.98 Å². The molecule has 0 spiro atoms. The summed E-state index contributed by atoms with van der Waals surface area (Å²) in [5.74, 6) is 1.11. The summed E-state index contributed by atoms with van der Waals surface area (Å²) in [6, 6.07) is 6.91. The third kappa shape index (κ3) is 1.96. The summed E-state index contributed by atoms with van der Waals surface area (Å²) < 4.78 is 0.929. The molecule has 1 aromatic rings. The first-order valence-corrected chi connectivity index (χ1v) is 6.74. The predicted octanol–water partition coefficient (Wildman–Crippen LogP) is 2.13. The fraction of sp³-hybridized carbons (Fsp3) is 0.583. The lowest BCUT2D eigenvalue weighted by Crippen LogP contribution is -2.50. The Morgan fingerprint density at radius 2 is 2.19 bits per heavy atom. The second-order valence-corrected chi connectivity index (χ2v) is 5.41. The van der Waals surface area contributed by atoms with E-state index < -0.39 is 0 Å². The molecule has 86 valence electrons. The van der Waals surface area contributed by atoms with E-state index in [0.717, 1.165) is 29.6 Å². The first kappa shape index (κ1) is 10.5. The Morgan fingerprint density at radius 3 is 3.06 bits per heavy atom. The molecule has 0 amide bonds. The van der Waals surface area contributed by atoms with E-state index in [2.05, 4.69) is 42.8 Å². The van der Waals surface area contributed by atoms with Gasteiger partial charge in [0.1, 0.15) is 10.4 Å². The summed E-state index contributed by atoms with van der Waals surface area (Å²) in [4.78, 5) is 9.57. The summed E-state index contributed by atoms with van der Waals surface area (Å²) in [6.45, 7) is 4.74. The standard InChI is InChI=1S/C12H16BrN3/c13-11-4-1-5-12(14-11)16-8-7-15-6-2-3-10(15)9-16/h1,4-5,10H,2-3,6-9H2. The molecule has 0 aromatic carbocycles. The molecule has 2 saturated heterocycles. The van der Waals surface area contributed by atoms with Gasteiger partial charge in [-0.15, -0.1) is 0 Å². The zero-order valence-corrected chi connectivity index (χ0v) is 10.9. The third-order valence-corrected chi connectivity index (χ3v) is 4.05. The fourth-order valence-electron chi connectivity index (χ4n) is 2.77. The van der Waals surface area contributed by atoms with E-state index in [4.69, 9.17) is 0 Å². The maximum Gasteiger partial charge on any atom is 0.129 e. The number of piperazine rings is 1. The van der Waals surface area contributed by atoms with Crippen LogP contribution in [0.25, 0.3) is 0 Å². The summed E-state index contributed by atoms with van der Waals surface area (Å²) in [5.41, 5.74) is 0. The monoisotopic (exact) mass is 281 g/mol. The SMILES string of the molecule is Brc1cccc(N2CCN3CCCC3C2)n1. The lowest BCUT2D eigenvalue weighted by Gasteiger charge is -2.38. The van der Waals surface area contributed by atoms with E-state index >= 15 is 0 Å². The Hall–Kier alpha value is -0.610. The van der Waals surface area contributed by atoms with Gasteiger partial charge in [-0.2, -0.15) is 0 Å². The van der Waals surface area contributed by atoms with Crippen LogP contribution < -0.4 is 4.90 Å². The van der Waals surface area contributed by atoms with Crippen LogP contribution in [-0.4, -0.2) is 42.1 Å². The largest absolute Gasteiger partial charge is 0.354 e. The first-order chi connectivity index (χ1) is 7.83. The number of fused-ring (bicyclic) bond motifs is 1. The van der Waals surface area contributed by atoms with Crippen LogP contribution in [0.15, 0.2) is 22.8 Å². The summed E-state index contributed by atoms with van der Waals surface area (Å²) in [7, 11) is 0. The fourth-order valence-corrected chi connectivity index (χ4v) is 3.11. The van der Waals surface area contributed by atoms with Crippen molar-refractivity contribution in [1.82, 2.24) is 9.88 Å². The van der Waals surface area contributed by atoms with Crippen LogP contribution in [0.1, 0.15) is 12.8 Å². The summed E-state index contributed by atoms with van der Waals surface area (Å²) in [6.07, 6.45) is 2.72. The molecule has 4 heteroatoms. The molecule has 0 saturated carbocycles. The number of pyridine rings is 1. The number of nitrogens with zero attached hydrogens (tertiary/aromatic N) is 3. The highest BCUT2D eigenvalue weighted by molar-refractivity contribution is 9.10. The molecule has 3 heterocycles. The van der Waals surface area contributed by atoms with Crippen LogP contribution in [0, 0.1) is 0 Å². The Labute approximate surface area is 105 Å². The molecule has 1 unspecified atom stereocenters. The van der Waals surface area contributed by atoms with Gasteiger partial charge in [-0.1, -0.05) is 6.07 Å². The minimum Gasteiger partial charge on any atom is -0.354 e. The third-order valence-electron chi connectivity index (χ3n) is 3.61. The van der Waals surface area contributed by atoms with Gasteiger partial charge in [0, 0.05) is 25.7 Å². The molecule has 0 bridgehead atoms. The van der Waals surface area contributed by atoms with Crippen molar-refractivity contribution < 1.29 is 0 Å². The predicted molar refractivity (Wildman–Crippen MR) is 68.7 cm³/mol. The van der Waals surface area contributed by atoms with Gasteiger partial charge in [0.2, 0.25) is 0 Å². The van der Waals surface area contributed by atoms with Crippen molar-refractivity contribution in [3.63, 3.8) is 0 Å². The molecular formula is C12H16BrN3. The Balaban J connectivity index is 1.76. The van der Waals surface area contributed by atoms with E-state index in [-0.39, 0.29) is 0 Å². The number of aromatic nitrogens is 1. The molecule has 2 aliphatic rings. The zero-order chi connectivity index (χ0) is 11.0. The van der Waals surface area contributed by atoms with E-state index in [0.29, 0.717) is 0 Å². The topological polar surface area (TPSA) is 19.4 Å². The Bertz CT molecular complexity index is 382. The number of hydrogen-bond acceptors (Lipinski definition) is 3. The highest BCUT2D eigenvalue weighted by atomic mass is 79.9. The molecule has 3 rings (SSSR count). The number of halogens is 1. The summed E-state index contributed by atoms with van der Waals surface area (Å²) in [5, 5.41) is 0. The summed E-state index contributed by atoms with van der Waals surface area (Å²) >= 11 is 3.44. The molecule has 16 heavy (non-hydrogen) atoms. The number of hydrogen-bond donors (Lipinski definition) is 0. The Kier molecular flexibility index (Phi) is 2.86. The van der Waals surface area contributed by atoms with Crippen molar-refractivity contribution in [2.45, 2.75) is 18.9 Å². The molecular weight excluding hydrogens is 266 g/mol. The van der Waals surface area contributed by atoms with E-state index in [9.17, 15) is 0 Å². The quantitative estimate of drug-likeness (QED) is 0.736. The highest BCUT2D eigenvalue weighted by Gasteiger charge is 2.30. The molecule has 1 atom stereocenters. The van der Waals surface area contributed by atoms with Crippen molar-refractivity contribution in [3.8, 4) is 0 Å². The van der Waals surface area contributed by atoms with Crippen molar-refractivity contribution in [1.29, 1.82) is 0 Å². The van der Waals surface area contributed by atoms with E-state index in [1.807, 2.05) is 6.07 Å². The highest BCUT2D eigenvalue weighted by Crippen LogP contribution is 2.24. The van der Waals surface area contributed by atoms with E-state index in [1.165, 1.54) is 25.9 Å². The van der Waals surface area contributed by atoms with Crippen molar-refractivity contribution >= 4 is 21.7 Å². The molecule has 3 nitrogen and oxygen atoms in total. The Morgan fingerprint density at radius 1 is 1.25 bits per heavy atom. The second-order valence-electron chi connectivity index (χ2n) is 4.60. The minimum atomic E-state index is 0.759. The van der Waals surface area contributed by atoms with Gasteiger partial charge in [-0.05, 0) is 47.4 Å². The van der Waals surface area contributed by atoms with Gasteiger partial charge < -0.3 is 4.90 Å². The zero-order valence-electron chi connectivity index (χ0n) is 9.27. The normalized spacial score (nSPS) is 25.8. The molecule has 1 aromatic heterocycles. The van der Waals surface area contributed by atoms with Crippen LogP contribution in [0.5, 0.6) is 0 Å². The number of anilines is 1. The molecule has 2 fully saturated rings. The van der Waals surface area contributed by atoms with Crippen molar-refractivity contribution in [2.75, 3.05) is 31.1 Å². The maximum atomic E-state index is 4.54. The average Bonchev–Trinajstić information content (AvgIpc) is 2.75. The van der Waals surface area contributed by atoms with Gasteiger partial charge in [0.05, 0.1) is 0 Å². The smallest absolute Gasteiger partial charge is 0.129 e. The lowest BCUT2D eigenvalue weighted by atomic mass is 10.1. The molecule has 0 N–H and O–H groups in total. The van der Waals surface area contributed by atoms with Crippen LogP contribution >= 0.6 is 15.9 Å². The van der Waals surface area contributed by atoms with Crippen LogP contribution in [-0.2, 0) is 0 Å². The molecule has 2 aliphatic heterocycles. The molecule has 0 radical (unpaired) electrons. The molecule has 0 aliphatic carbocycles. The van der Waals surface area contributed by atoms with Crippen molar-refractivity contribution in [3.05, 3.63) is 22.8 Å².